The number of esters is 1. The predicted molar refractivity (Wildman–Crippen MR) is 147 cm³/mol. The van der Waals surface area contributed by atoms with Gasteiger partial charge in [-0.3, -0.25) is 4.79 Å². The second kappa shape index (κ2) is 10.8. The number of carbonyl (C=O) groups excluding carboxylic acids is 1. The van der Waals surface area contributed by atoms with Crippen molar-refractivity contribution in [3.05, 3.63) is 106 Å². The molecular formula is C32H32O3S. The summed E-state index contributed by atoms with van der Waals surface area (Å²) in [4.78, 5) is 13.8. The van der Waals surface area contributed by atoms with E-state index in [0.29, 0.717) is 6.61 Å². The quantitative estimate of drug-likeness (QED) is 0.229. The van der Waals surface area contributed by atoms with Gasteiger partial charge in [0.15, 0.2) is 0 Å². The number of rotatable bonds is 10. The van der Waals surface area contributed by atoms with Gasteiger partial charge in [-0.25, -0.2) is 0 Å². The highest BCUT2D eigenvalue weighted by atomic mass is 32.1. The molecule has 5 rings (SSSR count). The molecule has 184 valence electrons. The molecule has 1 aromatic heterocycles. The number of hydrogen-bond acceptors (Lipinski definition) is 4. The Morgan fingerprint density at radius 3 is 2.19 bits per heavy atom. The lowest BCUT2D eigenvalue weighted by atomic mass is 9.93. The summed E-state index contributed by atoms with van der Waals surface area (Å²) in [6, 6.07) is 29.2. The van der Waals surface area contributed by atoms with Crippen molar-refractivity contribution in [2.45, 2.75) is 50.5 Å². The van der Waals surface area contributed by atoms with E-state index in [1.165, 1.54) is 16.0 Å². The van der Waals surface area contributed by atoms with Gasteiger partial charge in [0.2, 0.25) is 0 Å². The molecule has 3 aromatic carbocycles. The van der Waals surface area contributed by atoms with Crippen molar-refractivity contribution in [1.82, 2.24) is 0 Å². The maximum Gasteiger partial charge on any atom is 0.316 e. The lowest BCUT2D eigenvalue weighted by Crippen LogP contribution is -2.23. The van der Waals surface area contributed by atoms with E-state index in [2.05, 4.69) is 60.0 Å². The minimum Gasteiger partial charge on any atom is -0.465 e. The van der Waals surface area contributed by atoms with E-state index < -0.39 is 11.5 Å². The van der Waals surface area contributed by atoms with E-state index in [9.17, 15) is 9.90 Å². The van der Waals surface area contributed by atoms with Gasteiger partial charge in [0, 0.05) is 4.88 Å². The van der Waals surface area contributed by atoms with Gasteiger partial charge in [0.1, 0.15) is 0 Å². The SMILES string of the molecule is CCOC(=O)C1(c2ccc(-c3ccc(-c4ccsc4CCCC(O)c4ccccc4)cc3)cc2)CC1. The van der Waals surface area contributed by atoms with Crippen LogP contribution in [-0.2, 0) is 21.4 Å². The maximum absolute atomic E-state index is 12.4. The van der Waals surface area contributed by atoms with E-state index >= 15 is 0 Å². The zero-order valence-electron chi connectivity index (χ0n) is 20.7. The summed E-state index contributed by atoms with van der Waals surface area (Å²) >= 11 is 1.79. The van der Waals surface area contributed by atoms with Crippen LogP contribution in [-0.4, -0.2) is 17.7 Å². The number of aliphatic hydroxyl groups is 1. The molecule has 4 heteroatoms. The molecule has 0 amide bonds. The van der Waals surface area contributed by atoms with Crippen LogP contribution in [0.25, 0.3) is 22.3 Å². The van der Waals surface area contributed by atoms with Crippen LogP contribution in [0.1, 0.15) is 54.7 Å². The third kappa shape index (κ3) is 5.16. The molecule has 1 fully saturated rings. The Hall–Kier alpha value is -3.21. The van der Waals surface area contributed by atoms with Gasteiger partial charge in [0.05, 0.1) is 18.1 Å². The number of carbonyl (C=O) groups is 1. The van der Waals surface area contributed by atoms with Gasteiger partial charge >= 0.3 is 5.97 Å². The second-order valence-corrected chi connectivity index (χ2v) is 10.5. The number of ether oxygens (including phenoxy) is 1. The number of benzene rings is 3. The lowest BCUT2D eigenvalue weighted by Gasteiger charge is -2.15. The van der Waals surface area contributed by atoms with Gasteiger partial charge in [-0.05, 0) is 83.9 Å². The first-order chi connectivity index (χ1) is 17.6. The van der Waals surface area contributed by atoms with Crippen LogP contribution in [0.2, 0.25) is 0 Å². The Kier molecular flexibility index (Phi) is 7.35. The Morgan fingerprint density at radius 1 is 0.917 bits per heavy atom. The molecule has 1 saturated carbocycles. The Labute approximate surface area is 217 Å². The first-order valence-electron chi connectivity index (χ1n) is 12.8. The van der Waals surface area contributed by atoms with Crippen molar-refractivity contribution in [1.29, 1.82) is 0 Å². The normalized spacial score (nSPS) is 14.8. The molecule has 0 spiro atoms. The van der Waals surface area contributed by atoms with Crippen LogP contribution in [0.3, 0.4) is 0 Å². The van der Waals surface area contributed by atoms with E-state index in [1.54, 1.807) is 11.3 Å². The van der Waals surface area contributed by atoms with Gasteiger partial charge in [-0.1, -0.05) is 78.9 Å². The smallest absolute Gasteiger partial charge is 0.316 e. The molecule has 1 N–H and O–H groups in total. The molecule has 1 unspecified atom stereocenters. The molecule has 4 aromatic rings. The Balaban J connectivity index is 1.23. The van der Waals surface area contributed by atoms with Crippen molar-refractivity contribution in [2.24, 2.45) is 0 Å². The number of aliphatic hydroxyl groups excluding tert-OH is 1. The monoisotopic (exact) mass is 496 g/mol. The molecule has 0 bridgehead atoms. The van der Waals surface area contributed by atoms with Crippen molar-refractivity contribution < 1.29 is 14.6 Å². The van der Waals surface area contributed by atoms with Crippen molar-refractivity contribution in [3.8, 4) is 22.3 Å². The molecule has 0 radical (unpaired) electrons. The fraction of sp³-hybridized carbons (Fsp3) is 0.281. The highest BCUT2D eigenvalue weighted by molar-refractivity contribution is 7.10. The fourth-order valence-corrected chi connectivity index (χ4v) is 5.86. The highest BCUT2D eigenvalue weighted by Crippen LogP contribution is 2.49. The number of thiophene rings is 1. The van der Waals surface area contributed by atoms with Crippen LogP contribution in [0.5, 0.6) is 0 Å². The van der Waals surface area contributed by atoms with Gasteiger partial charge in [-0.2, -0.15) is 0 Å². The van der Waals surface area contributed by atoms with Crippen LogP contribution < -0.4 is 0 Å². The fourth-order valence-electron chi connectivity index (χ4n) is 4.92. The molecule has 1 aliphatic carbocycles. The maximum atomic E-state index is 12.4. The minimum absolute atomic E-state index is 0.0942. The summed E-state index contributed by atoms with van der Waals surface area (Å²) in [5, 5.41) is 12.6. The third-order valence-electron chi connectivity index (χ3n) is 7.19. The van der Waals surface area contributed by atoms with Crippen molar-refractivity contribution in [2.75, 3.05) is 6.61 Å². The molecular weight excluding hydrogens is 464 g/mol. The first kappa shape index (κ1) is 24.5. The molecule has 1 atom stereocenters. The zero-order chi connectivity index (χ0) is 25.0. The number of aryl methyl sites for hydroxylation is 1. The summed E-state index contributed by atoms with van der Waals surface area (Å²) in [5.41, 5.74) is 6.42. The van der Waals surface area contributed by atoms with Gasteiger partial charge in [-0.15, -0.1) is 11.3 Å². The summed E-state index contributed by atoms with van der Waals surface area (Å²) in [6.45, 7) is 2.28. The molecule has 1 aliphatic rings. The summed E-state index contributed by atoms with van der Waals surface area (Å²) in [7, 11) is 0. The number of hydrogen-bond donors (Lipinski definition) is 1. The third-order valence-corrected chi connectivity index (χ3v) is 8.17. The Bertz CT molecular complexity index is 1290. The highest BCUT2D eigenvalue weighted by Gasteiger charge is 2.52. The molecule has 0 saturated heterocycles. The largest absolute Gasteiger partial charge is 0.465 e. The van der Waals surface area contributed by atoms with E-state index in [0.717, 1.165) is 54.4 Å². The van der Waals surface area contributed by atoms with Gasteiger partial charge in [0.25, 0.3) is 0 Å². The summed E-state index contributed by atoms with van der Waals surface area (Å²) < 4.78 is 5.30. The van der Waals surface area contributed by atoms with E-state index in [4.69, 9.17) is 4.74 Å². The standard InChI is InChI=1S/C32H32O3S/c1-2-35-31(34)32(20-21-32)27-17-15-24(16-18-27)23-11-13-25(14-12-23)28-19-22-36-30(28)10-6-9-29(33)26-7-4-3-5-8-26/h3-5,7-8,11-19,22,29,33H,2,6,9-10,20-21H2,1H3. The topological polar surface area (TPSA) is 46.5 Å². The van der Waals surface area contributed by atoms with Crippen molar-refractivity contribution >= 4 is 17.3 Å². The molecule has 36 heavy (non-hydrogen) atoms. The Morgan fingerprint density at radius 2 is 1.56 bits per heavy atom. The van der Waals surface area contributed by atoms with Crippen molar-refractivity contribution in [3.63, 3.8) is 0 Å². The van der Waals surface area contributed by atoms with Crippen LogP contribution in [0.4, 0.5) is 0 Å². The second-order valence-electron chi connectivity index (χ2n) is 9.53. The van der Waals surface area contributed by atoms with Crippen LogP contribution in [0, 0.1) is 0 Å². The minimum atomic E-state index is -0.426. The first-order valence-corrected chi connectivity index (χ1v) is 13.7. The van der Waals surface area contributed by atoms with Crippen LogP contribution >= 0.6 is 11.3 Å². The average molecular weight is 497 g/mol. The molecule has 3 nitrogen and oxygen atoms in total. The van der Waals surface area contributed by atoms with E-state index in [1.807, 2.05) is 37.3 Å². The average Bonchev–Trinajstić information content (AvgIpc) is 3.61. The summed E-state index contributed by atoms with van der Waals surface area (Å²) in [5.74, 6) is -0.0942. The van der Waals surface area contributed by atoms with Crippen LogP contribution in [0.15, 0.2) is 90.3 Å². The molecule has 0 aliphatic heterocycles. The summed E-state index contributed by atoms with van der Waals surface area (Å²) in [6.07, 6.45) is 3.99. The zero-order valence-corrected chi connectivity index (χ0v) is 21.5. The molecule has 1 heterocycles. The van der Waals surface area contributed by atoms with Gasteiger partial charge < -0.3 is 9.84 Å². The van der Waals surface area contributed by atoms with E-state index in [-0.39, 0.29) is 5.97 Å². The lowest BCUT2D eigenvalue weighted by molar-refractivity contribution is -0.146. The predicted octanol–water partition coefficient (Wildman–Crippen LogP) is 7.73.